The Morgan fingerprint density at radius 2 is 1.41 bits per heavy atom. The molecule has 2 N–H and O–H groups in total. The Hall–Kier alpha value is -0.570. The second kappa shape index (κ2) is 7.26. The first-order valence-electron chi connectivity index (χ1n) is 14.5. The van der Waals surface area contributed by atoms with Gasteiger partial charge in [0.05, 0.1) is 0 Å². The molecule has 0 spiro atoms. The fourth-order valence-electron chi connectivity index (χ4n) is 12.0. The molecule has 0 aromatic heterocycles. The normalized spacial score (nSPS) is 58.6. The first-order chi connectivity index (χ1) is 15.6. The summed E-state index contributed by atoms with van der Waals surface area (Å²) in [6.07, 6.45) is 11.1. The first kappa shape index (κ1) is 25.1. The zero-order valence-corrected chi connectivity index (χ0v) is 23.3. The molecule has 0 heterocycles. The van der Waals surface area contributed by atoms with Crippen LogP contribution in [-0.2, 0) is 4.79 Å². The SMILES string of the molecule is C[C@@H]1[C@H]2[C@H]3CC[C@@H]4[C@]5(C)[C@@H](CC[C@@]4(C)[C@]3(C)CC[C@@]2(C)CC[C@H]1C)C(C)(C)CCC5(O)C(=O)O. The molecule has 3 heteroatoms. The molecule has 5 aliphatic rings. The molecule has 0 radical (unpaired) electrons. The maximum absolute atomic E-state index is 12.7. The molecule has 5 fully saturated rings. The van der Waals surface area contributed by atoms with Crippen LogP contribution in [0.4, 0.5) is 0 Å². The van der Waals surface area contributed by atoms with Crippen molar-refractivity contribution in [1.82, 2.24) is 0 Å². The van der Waals surface area contributed by atoms with Crippen molar-refractivity contribution in [2.24, 2.45) is 62.6 Å². The number of carboxylic acids is 1. The Labute approximate surface area is 208 Å². The topological polar surface area (TPSA) is 57.5 Å². The van der Waals surface area contributed by atoms with E-state index in [9.17, 15) is 15.0 Å². The van der Waals surface area contributed by atoms with E-state index in [1.165, 1.54) is 38.5 Å². The number of hydrogen-bond acceptors (Lipinski definition) is 2. The highest BCUT2D eigenvalue weighted by molar-refractivity contribution is 5.79. The summed E-state index contributed by atoms with van der Waals surface area (Å²) in [6, 6.07) is 0. The van der Waals surface area contributed by atoms with Gasteiger partial charge in [-0.1, -0.05) is 55.4 Å². The van der Waals surface area contributed by atoms with Crippen molar-refractivity contribution in [3.63, 3.8) is 0 Å². The minimum absolute atomic E-state index is 0.0773. The van der Waals surface area contributed by atoms with Crippen LogP contribution in [0.2, 0.25) is 0 Å². The van der Waals surface area contributed by atoms with Crippen LogP contribution in [0.5, 0.6) is 0 Å². The molecule has 0 aromatic carbocycles. The lowest BCUT2D eigenvalue weighted by atomic mass is 9.30. The van der Waals surface area contributed by atoms with Crippen LogP contribution in [0, 0.1) is 62.6 Å². The molecule has 5 aliphatic carbocycles. The molecule has 34 heavy (non-hydrogen) atoms. The molecule has 11 atom stereocenters. The first-order valence-corrected chi connectivity index (χ1v) is 14.5. The van der Waals surface area contributed by atoms with E-state index < -0.39 is 17.0 Å². The van der Waals surface area contributed by atoms with Crippen LogP contribution >= 0.6 is 0 Å². The van der Waals surface area contributed by atoms with Crippen LogP contribution in [0.25, 0.3) is 0 Å². The number of aliphatic hydroxyl groups is 1. The molecule has 0 amide bonds. The smallest absolute Gasteiger partial charge is 0.336 e. The number of hydrogen-bond donors (Lipinski definition) is 2. The summed E-state index contributed by atoms with van der Waals surface area (Å²) < 4.78 is 0. The molecule has 5 rings (SSSR count). The second-order valence-corrected chi connectivity index (χ2v) is 15.7. The Kier molecular flexibility index (Phi) is 5.36. The van der Waals surface area contributed by atoms with Crippen LogP contribution in [0.3, 0.4) is 0 Å². The van der Waals surface area contributed by atoms with Gasteiger partial charge < -0.3 is 10.2 Å². The Morgan fingerprint density at radius 1 is 0.735 bits per heavy atom. The highest BCUT2D eigenvalue weighted by Gasteiger charge is 2.74. The summed E-state index contributed by atoms with van der Waals surface area (Å²) >= 11 is 0. The number of carboxylic acid groups (broad SMARTS) is 1. The van der Waals surface area contributed by atoms with Gasteiger partial charge in [0.25, 0.3) is 0 Å². The molecule has 0 aliphatic heterocycles. The Balaban J connectivity index is 1.61. The number of fused-ring (bicyclic) bond motifs is 7. The van der Waals surface area contributed by atoms with Crippen molar-refractivity contribution in [3.8, 4) is 0 Å². The Morgan fingerprint density at radius 3 is 2.06 bits per heavy atom. The lowest BCUT2D eigenvalue weighted by Crippen LogP contribution is -2.73. The van der Waals surface area contributed by atoms with E-state index >= 15 is 0 Å². The van der Waals surface area contributed by atoms with Gasteiger partial charge in [-0.2, -0.15) is 0 Å². The summed E-state index contributed by atoms with van der Waals surface area (Å²) in [6.45, 7) is 19.6. The van der Waals surface area contributed by atoms with Crippen LogP contribution in [0.15, 0.2) is 0 Å². The maximum atomic E-state index is 12.7. The molecule has 194 valence electrons. The molecular formula is C31H52O3. The van der Waals surface area contributed by atoms with Gasteiger partial charge in [-0.15, -0.1) is 0 Å². The molecule has 1 unspecified atom stereocenters. The van der Waals surface area contributed by atoms with E-state index in [0.717, 1.165) is 42.9 Å². The average Bonchev–Trinajstić information content (AvgIpc) is 2.75. The van der Waals surface area contributed by atoms with Gasteiger partial charge in [-0.3, -0.25) is 0 Å². The largest absolute Gasteiger partial charge is 0.479 e. The third-order valence-electron chi connectivity index (χ3n) is 14.5. The summed E-state index contributed by atoms with van der Waals surface area (Å²) in [7, 11) is 0. The minimum atomic E-state index is -1.61. The monoisotopic (exact) mass is 472 g/mol. The number of aliphatic carboxylic acids is 1. The quantitative estimate of drug-likeness (QED) is 0.414. The van der Waals surface area contributed by atoms with Crippen LogP contribution < -0.4 is 0 Å². The van der Waals surface area contributed by atoms with E-state index in [-0.39, 0.29) is 28.1 Å². The van der Waals surface area contributed by atoms with Crippen LogP contribution in [0.1, 0.15) is 120 Å². The summed E-state index contributed by atoms with van der Waals surface area (Å²) in [4.78, 5) is 12.7. The van der Waals surface area contributed by atoms with Crippen molar-refractivity contribution >= 4 is 5.97 Å². The summed E-state index contributed by atoms with van der Waals surface area (Å²) in [5.74, 6) is 2.62. The van der Waals surface area contributed by atoms with Gasteiger partial charge >= 0.3 is 5.97 Å². The summed E-state index contributed by atoms with van der Waals surface area (Å²) in [5, 5.41) is 22.4. The van der Waals surface area contributed by atoms with E-state index in [4.69, 9.17) is 0 Å². The molecular weight excluding hydrogens is 420 g/mol. The fraction of sp³-hybridized carbons (Fsp3) is 0.968. The highest BCUT2D eigenvalue weighted by atomic mass is 16.4. The zero-order chi connectivity index (χ0) is 25.1. The average molecular weight is 473 g/mol. The predicted molar refractivity (Wildman–Crippen MR) is 137 cm³/mol. The van der Waals surface area contributed by atoms with Gasteiger partial charge in [0.1, 0.15) is 0 Å². The number of rotatable bonds is 1. The minimum Gasteiger partial charge on any atom is -0.479 e. The van der Waals surface area contributed by atoms with E-state index in [0.29, 0.717) is 11.8 Å². The maximum Gasteiger partial charge on any atom is 0.336 e. The van der Waals surface area contributed by atoms with Crippen molar-refractivity contribution in [2.45, 2.75) is 125 Å². The third-order valence-corrected chi connectivity index (χ3v) is 14.5. The zero-order valence-electron chi connectivity index (χ0n) is 23.3. The third kappa shape index (κ3) is 2.77. The van der Waals surface area contributed by atoms with Crippen molar-refractivity contribution in [3.05, 3.63) is 0 Å². The molecule has 3 nitrogen and oxygen atoms in total. The van der Waals surface area contributed by atoms with Gasteiger partial charge in [0, 0.05) is 5.41 Å². The second-order valence-electron chi connectivity index (χ2n) is 15.7. The standard InChI is InChI=1S/C31H52O3/c1-19-11-13-27(5)16-17-28(6)21(24(27)20(19)2)9-10-23-29(28,7)14-12-22-26(3,4)15-18-31(34,25(32)33)30(22,23)8/h19-24,34H,9-18H2,1-8H3,(H,32,33)/t19-,20+,21-,22+,23+,24+,27-,28-,29-,30+,31?/m1/s1. The van der Waals surface area contributed by atoms with E-state index in [1.807, 2.05) is 0 Å². The van der Waals surface area contributed by atoms with Crippen molar-refractivity contribution in [2.75, 3.05) is 0 Å². The number of carbonyl (C=O) groups is 1. The highest BCUT2D eigenvalue weighted by Crippen LogP contribution is 2.78. The van der Waals surface area contributed by atoms with Gasteiger partial charge in [-0.25, -0.2) is 4.79 Å². The Bertz CT molecular complexity index is 865. The molecule has 0 bridgehead atoms. The predicted octanol–water partition coefficient (Wildman–Crippen LogP) is 7.56. The van der Waals surface area contributed by atoms with Gasteiger partial charge in [0.2, 0.25) is 0 Å². The van der Waals surface area contributed by atoms with E-state index in [2.05, 4.69) is 55.4 Å². The molecule has 0 aromatic rings. The molecule has 5 saturated carbocycles. The molecule has 0 saturated heterocycles. The van der Waals surface area contributed by atoms with Crippen molar-refractivity contribution < 1.29 is 15.0 Å². The van der Waals surface area contributed by atoms with Crippen molar-refractivity contribution in [1.29, 1.82) is 0 Å². The van der Waals surface area contributed by atoms with Gasteiger partial charge in [-0.05, 0) is 121 Å². The lowest BCUT2D eigenvalue weighted by molar-refractivity contribution is -0.290. The van der Waals surface area contributed by atoms with Gasteiger partial charge in [0.15, 0.2) is 5.60 Å². The summed E-state index contributed by atoms with van der Waals surface area (Å²) in [5.41, 5.74) is -1.34. The lowest BCUT2D eigenvalue weighted by Gasteiger charge is -2.75. The van der Waals surface area contributed by atoms with E-state index in [1.54, 1.807) is 0 Å². The van der Waals surface area contributed by atoms with Crippen LogP contribution in [-0.4, -0.2) is 21.8 Å². The fourth-order valence-corrected chi connectivity index (χ4v) is 12.0.